The van der Waals surface area contributed by atoms with E-state index in [1.807, 2.05) is 0 Å². The molecule has 8 nitrogen and oxygen atoms in total. The van der Waals surface area contributed by atoms with Crippen molar-refractivity contribution in [1.82, 2.24) is 9.03 Å². The summed E-state index contributed by atoms with van der Waals surface area (Å²) in [5.74, 6) is -1.81. The maximum Gasteiger partial charge on any atom is 0.321 e. The van der Waals surface area contributed by atoms with Crippen LogP contribution in [-0.2, 0) is 24.5 Å². The normalized spacial score (nSPS) is 19.1. The monoisotopic (exact) mass is 322 g/mol. The van der Waals surface area contributed by atoms with Crippen molar-refractivity contribution in [2.45, 2.75) is 39.2 Å². The van der Waals surface area contributed by atoms with Crippen LogP contribution in [0.3, 0.4) is 0 Å². The van der Waals surface area contributed by atoms with E-state index in [1.165, 1.54) is 4.31 Å². The van der Waals surface area contributed by atoms with Crippen molar-refractivity contribution < 1.29 is 27.9 Å². The standard InChI is InChI=1S/C12H22N2O6S/c1-3-10(11(15)16)13-21(18,19)14-7-5-9(6-8-14)12(17)20-4-2/h9-10,13H,3-8H2,1-2H3,(H,15,16). The van der Waals surface area contributed by atoms with Crippen LogP contribution >= 0.6 is 0 Å². The Morgan fingerprint density at radius 3 is 2.33 bits per heavy atom. The number of ether oxygens (including phenoxy) is 1. The third kappa shape index (κ3) is 4.94. The zero-order chi connectivity index (χ0) is 16.0. The van der Waals surface area contributed by atoms with Gasteiger partial charge in [0.15, 0.2) is 0 Å². The Morgan fingerprint density at radius 2 is 1.90 bits per heavy atom. The van der Waals surface area contributed by atoms with Crippen LogP contribution in [0.1, 0.15) is 33.1 Å². The number of esters is 1. The number of nitrogens with one attached hydrogen (secondary N) is 1. The quantitative estimate of drug-likeness (QED) is 0.636. The van der Waals surface area contributed by atoms with E-state index in [4.69, 9.17) is 9.84 Å². The molecule has 0 aromatic heterocycles. The van der Waals surface area contributed by atoms with E-state index in [0.717, 1.165) is 0 Å². The second kappa shape index (κ2) is 7.71. The smallest absolute Gasteiger partial charge is 0.321 e. The molecule has 1 aliphatic heterocycles. The number of carboxylic acids is 1. The molecule has 1 unspecified atom stereocenters. The predicted molar refractivity (Wildman–Crippen MR) is 74.7 cm³/mol. The molecule has 0 saturated carbocycles. The second-order valence-corrected chi connectivity index (χ2v) is 6.55. The first-order chi connectivity index (χ1) is 9.81. The fraction of sp³-hybridized carbons (Fsp3) is 0.833. The van der Waals surface area contributed by atoms with Gasteiger partial charge in [-0.05, 0) is 26.2 Å². The van der Waals surface area contributed by atoms with E-state index in [2.05, 4.69) is 4.72 Å². The Bertz CT molecular complexity index is 470. The van der Waals surface area contributed by atoms with E-state index in [1.54, 1.807) is 13.8 Å². The van der Waals surface area contributed by atoms with Crippen molar-refractivity contribution in [3.05, 3.63) is 0 Å². The van der Waals surface area contributed by atoms with Crippen molar-refractivity contribution >= 4 is 22.1 Å². The molecule has 1 fully saturated rings. The average Bonchev–Trinajstić information content (AvgIpc) is 2.45. The Hall–Kier alpha value is -1.19. The van der Waals surface area contributed by atoms with Gasteiger partial charge >= 0.3 is 11.9 Å². The van der Waals surface area contributed by atoms with Crippen LogP contribution < -0.4 is 4.72 Å². The van der Waals surface area contributed by atoms with Crippen molar-refractivity contribution in [2.75, 3.05) is 19.7 Å². The minimum absolute atomic E-state index is 0.161. The van der Waals surface area contributed by atoms with Gasteiger partial charge in [-0.2, -0.15) is 17.4 Å². The van der Waals surface area contributed by atoms with Gasteiger partial charge in [-0.15, -0.1) is 0 Å². The van der Waals surface area contributed by atoms with Gasteiger partial charge in [0.1, 0.15) is 6.04 Å². The summed E-state index contributed by atoms with van der Waals surface area (Å²) in [5.41, 5.74) is 0. The van der Waals surface area contributed by atoms with Crippen LogP contribution in [0.2, 0.25) is 0 Å². The molecule has 1 saturated heterocycles. The topological polar surface area (TPSA) is 113 Å². The molecule has 2 N–H and O–H groups in total. The summed E-state index contributed by atoms with van der Waals surface area (Å²) in [4.78, 5) is 22.5. The van der Waals surface area contributed by atoms with Crippen LogP contribution in [0.5, 0.6) is 0 Å². The lowest BCUT2D eigenvalue weighted by molar-refractivity contribution is -0.149. The molecule has 122 valence electrons. The second-order valence-electron chi connectivity index (χ2n) is 4.85. The molecule has 0 aliphatic carbocycles. The molecule has 0 spiro atoms. The van der Waals surface area contributed by atoms with Gasteiger partial charge in [-0.3, -0.25) is 9.59 Å². The van der Waals surface area contributed by atoms with Gasteiger partial charge < -0.3 is 9.84 Å². The number of carbonyl (C=O) groups excluding carboxylic acids is 1. The van der Waals surface area contributed by atoms with Gasteiger partial charge in [-0.1, -0.05) is 6.92 Å². The first-order valence-electron chi connectivity index (χ1n) is 6.98. The van der Waals surface area contributed by atoms with E-state index in [9.17, 15) is 18.0 Å². The molecular weight excluding hydrogens is 300 g/mol. The summed E-state index contributed by atoms with van der Waals surface area (Å²) in [6.07, 6.45) is 0.918. The van der Waals surface area contributed by atoms with Crippen molar-refractivity contribution in [1.29, 1.82) is 0 Å². The van der Waals surface area contributed by atoms with Crippen LogP contribution in [-0.4, -0.2) is 55.5 Å². The minimum Gasteiger partial charge on any atom is -0.480 e. The summed E-state index contributed by atoms with van der Waals surface area (Å²) >= 11 is 0. The first kappa shape index (κ1) is 17.9. The molecule has 9 heteroatoms. The van der Waals surface area contributed by atoms with Gasteiger partial charge in [-0.25, -0.2) is 0 Å². The van der Waals surface area contributed by atoms with E-state index < -0.39 is 22.2 Å². The highest BCUT2D eigenvalue weighted by atomic mass is 32.2. The molecule has 1 heterocycles. The van der Waals surface area contributed by atoms with Crippen LogP contribution in [0.4, 0.5) is 0 Å². The third-order valence-corrected chi connectivity index (χ3v) is 5.04. The predicted octanol–water partition coefficient (Wildman–Crippen LogP) is -0.0409. The zero-order valence-corrected chi connectivity index (χ0v) is 13.1. The van der Waals surface area contributed by atoms with Gasteiger partial charge in [0.2, 0.25) is 0 Å². The molecule has 0 bridgehead atoms. The Kier molecular flexibility index (Phi) is 6.56. The molecule has 0 aromatic carbocycles. The van der Waals surface area contributed by atoms with Crippen molar-refractivity contribution in [3.63, 3.8) is 0 Å². The molecule has 1 rings (SSSR count). The average molecular weight is 322 g/mol. The minimum atomic E-state index is -3.85. The highest BCUT2D eigenvalue weighted by molar-refractivity contribution is 7.87. The Labute approximate surface area is 124 Å². The molecule has 21 heavy (non-hydrogen) atoms. The Morgan fingerprint density at radius 1 is 1.33 bits per heavy atom. The largest absolute Gasteiger partial charge is 0.480 e. The lowest BCUT2D eigenvalue weighted by Crippen LogP contribution is -2.50. The van der Waals surface area contributed by atoms with Gasteiger partial charge in [0, 0.05) is 13.1 Å². The fourth-order valence-electron chi connectivity index (χ4n) is 2.15. The van der Waals surface area contributed by atoms with Gasteiger partial charge in [0.25, 0.3) is 10.2 Å². The summed E-state index contributed by atoms with van der Waals surface area (Å²) in [6.45, 7) is 3.96. The number of hydrogen-bond acceptors (Lipinski definition) is 5. The number of carbonyl (C=O) groups is 2. The number of piperidine rings is 1. The molecule has 0 amide bonds. The van der Waals surface area contributed by atoms with Crippen LogP contribution in [0.15, 0.2) is 0 Å². The molecular formula is C12H22N2O6S. The molecule has 0 radical (unpaired) electrons. The number of rotatable bonds is 7. The Balaban J connectivity index is 2.60. The highest BCUT2D eigenvalue weighted by Crippen LogP contribution is 2.20. The van der Waals surface area contributed by atoms with E-state index >= 15 is 0 Å². The molecule has 1 atom stereocenters. The number of carboxylic acid groups (broad SMARTS) is 1. The van der Waals surface area contributed by atoms with Crippen molar-refractivity contribution in [2.24, 2.45) is 5.92 Å². The summed E-state index contributed by atoms with van der Waals surface area (Å²) < 4.78 is 32.4. The lowest BCUT2D eigenvalue weighted by atomic mass is 9.98. The maximum absolute atomic E-state index is 12.1. The SMILES string of the molecule is CCOC(=O)C1CCN(S(=O)(=O)NC(CC)C(=O)O)CC1. The van der Waals surface area contributed by atoms with E-state index in [0.29, 0.717) is 19.4 Å². The third-order valence-electron chi connectivity index (χ3n) is 3.41. The molecule has 0 aromatic rings. The first-order valence-corrected chi connectivity index (χ1v) is 8.42. The van der Waals surface area contributed by atoms with Crippen LogP contribution in [0, 0.1) is 5.92 Å². The van der Waals surface area contributed by atoms with Gasteiger partial charge in [0.05, 0.1) is 12.5 Å². The van der Waals surface area contributed by atoms with E-state index in [-0.39, 0.29) is 31.4 Å². The summed E-state index contributed by atoms with van der Waals surface area (Å²) in [6, 6.07) is -1.14. The maximum atomic E-state index is 12.1. The fourth-order valence-corrected chi connectivity index (χ4v) is 3.62. The van der Waals surface area contributed by atoms with Crippen molar-refractivity contribution in [3.8, 4) is 0 Å². The highest BCUT2D eigenvalue weighted by Gasteiger charge is 2.33. The number of aliphatic carboxylic acids is 1. The number of hydrogen-bond donors (Lipinski definition) is 2. The number of nitrogens with zero attached hydrogens (tertiary/aromatic N) is 1. The van der Waals surface area contributed by atoms with Crippen LogP contribution in [0.25, 0.3) is 0 Å². The summed E-state index contributed by atoms with van der Waals surface area (Å²) in [7, 11) is -3.85. The molecule has 1 aliphatic rings. The lowest BCUT2D eigenvalue weighted by Gasteiger charge is -2.30. The zero-order valence-electron chi connectivity index (χ0n) is 12.2. The summed E-state index contributed by atoms with van der Waals surface area (Å²) in [5, 5.41) is 8.90.